The highest BCUT2D eigenvalue weighted by atomic mass is 35.5. The van der Waals surface area contributed by atoms with Gasteiger partial charge in [0.2, 0.25) is 11.8 Å². The molecule has 7 heteroatoms. The van der Waals surface area contributed by atoms with Gasteiger partial charge in [-0.15, -0.1) is 0 Å². The van der Waals surface area contributed by atoms with Crippen molar-refractivity contribution in [3.05, 3.63) is 94.0 Å². The fraction of sp³-hybridized carbons (Fsp3) is 0.0833. The molecule has 0 spiro atoms. The van der Waals surface area contributed by atoms with Gasteiger partial charge in [0.05, 0.1) is 18.6 Å². The first-order valence-electron chi connectivity index (χ1n) is 9.40. The van der Waals surface area contributed by atoms with Gasteiger partial charge in [0, 0.05) is 28.0 Å². The first kappa shape index (κ1) is 22.4. The van der Waals surface area contributed by atoms with Crippen LogP contribution in [0.3, 0.4) is 0 Å². The second-order valence-electron chi connectivity index (χ2n) is 6.62. The summed E-state index contributed by atoms with van der Waals surface area (Å²) in [5.74, 6) is -0.00947. The number of halogens is 2. The van der Waals surface area contributed by atoms with Crippen molar-refractivity contribution >= 4 is 52.5 Å². The van der Waals surface area contributed by atoms with Gasteiger partial charge in [-0.05, 0) is 48.0 Å². The summed E-state index contributed by atoms with van der Waals surface area (Å²) in [6, 6.07) is 19.6. The highest BCUT2D eigenvalue weighted by Crippen LogP contribution is 2.33. The van der Waals surface area contributed by atoms with Crippen LogP contribution in [0.1, 0.15) is 11.1 Å². The number of hydrogen-bond acceptors (Lipinski definition) is 3. The number of anilines is 2. The van der Waals surface area contributed by atoms with Gasteiger partial charge < -0.3 is 15.4 Å². The molecule has 0 atom stereocenters. The Morgan fingerprint density at radius 3 is 2.23 bits per heavy atom. The predicted molar refractivity (Wildman–Crippen MR) is 126 cm³/mol. The maximum Gasteiger partial charge on any atom is 0.248 e. The van der Waals surface area contributed by atoms with Gasteiger partial charge in [-0.2, -0.15) is 0 Å². The lowest BCUT2D eigenvalue weighted by Crippen LogP contribution is -2.14. The van der Waals surface area contributed by atoms with E-state index in [9.17, 15) is 9.59 Å². The van der Waals surface area contributed by atoms with Crippen molar-refractivity contribution in [2.45, 2.75) is 6.42 Å². The second kappa shape index (κ2) is 10.7. The van der Waals surface area contributed by atoms with E-state index in [0.29, 0.717) is 39.2 Å². The Morgan fingerprint density at radius 1 is 0.935 bits per heavy atom. The van der Waals surface area contributed by atoms with Gasteiger partial charge in [-0.25, -0.2) is 0 Å². The number of carbonyl (C=O) groups is 2. The van der Waals surface area contributed by atoms with Crippen molar-refractivity contribution in [2.75, 3.05) is 17.7 Å². The smallest absolute Gasteiger partial charge is 0.248 e. The summed E-state index contributed by atoms with van der Waals surface area (Å²) in [6.07, 6.45) is 3.23. The molecule has 0 aliphatic carbocycles. The van der Waals surface area contributed by atoms with E-state index in [0.717, 1.165) is 5.56 Å². The summed E-state index contributed by atoms with van der Waals surface area (Å²) in [4.78, 5) is 24.4. The summed E-state index contributed by atoms with van der Waals surface area (Å²) in [7, 11) is 1.49. The van der Waals surface area contributed by atoms with E-state index < -0.39 is 0 Å². The van der Waals surface area contributed by atoms with Crippen LogP contribution in [0.15, 0.2) is 72.8 Å². The Morgan fingerprint density at radius 2 is 1.58 bits per heavy atom. The summed E-state index contributed by atoms with van der Waals surface area (Å²) in [5, 5.41) is 6.39. The molecule has 2 amide bonds. The van der Waals surface area contributed by atoms with E-state index in [1.165, 1.54) is 13.2 Å². The third-order valence-corrected chi connectivity index (χ3v) is 4.80. The van der Waals surface area contributed by atoms with E-state index in [2.05, 4.69) is 10.6 Å². The molecule has 5 nitrogen and oxygen atoms in total. The molecule has 0 saturated carbocycles. The number of hydrogen-bond donors (Lipinski definition) is 2. The molecule has 3 aromatic carbocycles. The molecule has 158 valence electrons. The van der Waals surface area contributed by atoms with Crippen LogP contribution < -0.4 is 15.4 Å². The quantitative estimate of drug-likeness (QED) is 0.440. The fourth-order valence-corrected chi connectivity index (χ4v) is 3.48. The minimum absolute atomic E-state index is 0.111. The van der Waals surface area contributed by atoms with Crippen LogP contribution in [0.4, 0.5) is 11.4 Å². The molecule has 0 bridgehead atoms. The van der Waals surface area contributed by atoms with E-state index in [4.69, 9.17) is 27.9 Å². The molecule has 3 aromatic rings. The molecular formula is C24H20Cl2N2O3. The zero-order valence-electron chi connectivity index (χ0n) is 16.7. The van der Waals surface area contributed by atoms with Crippen LogP contribution in [-0.4, -0.2) is 18.9 Å². The van der Waals surface area contributed by atoms with Gasteiger partial charge in [-0.3, -0.25) is 9.59 Å². The highest BCUT2D eigenvalue weighted by Gasteiger charge is 2.08. The molecule has 0 unspecified atom stereocenters. The third kappa shape index (κ3) is 6.60. The standard InChI is InChI=1S/C24H20Cl2N2O3/c1-31-24-17(14-18(25)15-21(24)26)7-12-22(29)27-19-8-10-20(11-9-19)28-23(30)13-16-5-3-2-4-6-16/h2-12,14-15H,13H2,1H3,(H,27,29)(H,28,30)/b12-7+. The number of methoxy groups -OCH3 is 1. The minimum atomic E-state index is -0.334. The van der Waals surface area contributed by atoms with Gasteiger partial charge in [0.1, 0.15) is 5.75 Å². The van der Waals surface area contributed by atoms with Gasteiger partial charge >= 0.3 is 0 Å². The van der Waals surface area contributed by atoms with Crippen LogP contribution in [0, 0.1) is 0 Å². The fourth-order valence-electron chi connectivity index (χ4n) is 2.89. The zero-order chi connectivity index (χ0) is 22.2. The number of amides is 2. The third-order valence-electron chi connectivity index (χ3n) is 4.30. The lowest BCUT2D eigenvalue weighted by molar-refractivity contribution is -0.115. The predicted octanol–water partition coefficient (Wildman–Crippen LogP) is 5.84. The molecule has 3 rings (SSSR count). The van der Waals surface area contributed by atoms with Crippen LogP contribution >= 0.6 is 23.2 Å². The van der Waals surface area contributed by atoms with E-state index in [-0.39, 0.29) is 11.8 Å². The highest BCUT2D eigenvalue weighted by molar-refractivity contribution is 6.36. The van der Waals surface area contributed by atoms with Crippen LogP contribution in [0.25, 0.3) is 6.08 Å². The minimum Gasteiger partial charge on any atom is -0.495 e. The molecule has 31 heavy (non-hydrogen) atoms. The average molecular weight is 455 g/mol. The van der Waals surface area contributed by atoms with Crippen LogP contribution in [0.2, 0.25) is 10.0 Å². The summed E-state index contributed by atoms with van der Waals surface area (Å²) in [5.41, 5.74) is 2.76. The van der Waals surface area contributed by atoms with Crippen molar-refractivity contribution in [3.8, 4) is 5.75 Å². The number of rotatable bonds is 7. The molecule has 0 aliphatic rings. The Balaban J connectivity index is 1.58. The number of ether oxygens (including phenoxy) is 1. The van der Waals surface area contributed by atoms with Gasteiger partial charge in [0.15, 0.2) is 0 Å². The lowest BCUT2D eigenvalue weighted by Gasteiger charge is -2.08. The Kier molecular flexibility index (Phi) is 7.70. The van der Waals surface area contributed by atoms with Crippen LogP contribution in [0.5, 0.6) is 5.75 Å². The topological polar surface area (TPSA) is 67.4 Å². The monoisotopic (exact) mass is 454 g/mol. The Labute approximate surface area is 190 Å². The molecule has 0 saturated heterocycles. The first-order chi connectivity index (χ1) is 14.9. The lowest BCUT2D eigenvalue weighted by atomic mass is 10.1. The second-order valence-corrected chi connectivity index (χ2v) is 7.46. The number of benzene rings is 3. The number of carbonyl (C=O) groups excluding carboxylic acids is 2. The summed E-state index contributed by atoms with van der Waals surface area (Å²) < 4.78 is 5.26. The Bertz CT molecular complexity index is 1100. The molecule has 0 heterocycles. The number of nitrogens with one attached hydrogen (secondary N) is 2. The molecule has 0 aromatic heterocycles. The summed E-state index contributed by atoms with van der Waals surface area (Å²) >= 11 is 12.1. The molecule has 2 N–H and O–H groups in total. The first-order valence-corrected chi connectivity index (χ1v) is 10.2. The largest absolute Gasteiger partial charge is 0.495 e. The van der Waals surface area contributed by atoms with Crippen molar-refractivity contribution in [1.82, 2.24) is 0 Å². The Hall–Kier alpha value is -3.28. The molecular weight excluding hydrogens is 435 g/mol. The maximum absolute atomic E-state index is 12.2. The maximum atomic E-state index is 12.2. The van der Waals surface area contributed by atoms with Crippen molar-refractivity contribution in [3.63, 3.8) is 0 Å². The summed E-state index contributed by atoms with van der Waals surface area (Å²) in [6.45, 7) is 0. The van der Waals surface area contributed by atoms with Crippen molar-refractivity contribution in [2.24, 2.45) is 0 Å². The van der Waals surface area contributed by atoms with Crippen molar-refractivity contribution in [1.29, 1.82) is 0 Å². The molecule has 0 radical (unpaired) electrons. The van der Waals surface area contributed by atoms with Crippen LogP contribution in [-0.2, 0) is 16.0 Å². The van der Waals surface area contributed by atoms with E-state index in [1.54, 1.807) is 42.5 Å². The molecule has 0 fully saturated rings. The normalized spacial score (nSPS) is 10.7. The van der Waals surface area contributed by atoms with Gasteiger partial charge in [-0.1, -0.05) is 53.5 Å². The zero-order valence-corrected chi connectivity index (χ0v) is 18.2. The van der Waals surface area contributed by atoms with E-state index in [1.807, 2.05) is 30.3 Å². The van der Waals surface area contributed by atoms with Crippen molar-refractivity contribution < 1.29 is 14.3 Å². The SMILES string of the molecule is COc1c(Cl)cc(Cl)cc1/C=C/C(=O)Nc1ccc(NC(=O)Cc2ccccc2)cc1. The molecule has 0 aliphatic heterocycles. The average Bonchev–Trinajstić information content (AvgIpc) is 2.74. The van der Waals surface area contributed by atoms with Gasteiger partial charge in [0.25, 0.3) is 0 Å². The van der Waals surface area contributed by atoms with E-state index >= 15 is 0 Å².